The zero-order valence-electron chi connectivity index (χ0n) is 11.6. The van der Waals surface area contributed by atoms with Crippen molar-refractivity contribution < 1.29 is 0 Å². The summed E-state index contributed by atoms with van der Waals surface area (Å²) < 4.78 is 0. The van der Waals surface area contributed by atoms with Gasteiger partial charge in [0, 0.05) is 0 Å². The molecule has 1 rings (SSSR count). The van der Waals surface area contributed by atoms with Crippen molar-refractivity contribution in [3.05, 3.63) is 0 Å². The average Bonchev–Trinajstić information content (AvgIpc) is 2.39. The Bertz CT molecular complexity index is 220. The second-order valence-corrected chi connectivity index (χ2v) is 5.82. The summed E-state index contributed by atoms with van der Waals surface area (Å²) >= 11 is 0. The van der Waals surface area contributed by atoms with Crippen molar-refractivity contribution in [2.75, 3.05) is 0 Å². The summed E-state index contributed by atoms with van der Waals surface area (Å²) in [5.41, 5.74) is 0.0711. The van der Waals surface area contributed by atoms with E-state index in [1.54, 1.807) is 0 Å². The van der Waals surface area contributed by atoms with E-state index in [1.807, 2.05) is 0 Å². The van der Waals surface area contributed by atoms with Crippen molar-refractivity contribution in [2.45, 2.75) is 90.4 Å². The molecule has 0 aromatic rings. The molecule has 1 aliphatic rings. The Hall–Kier alpha value is -0.510. The summed E-state index contributed by atoms with van der Waals surface area (Å²) in [7, 11) is 0. The molecule has 1 fully saturated rings. The van der Waals surface area contributed by atoms with Crippen molar-refractivity contribution in [2.24, 2.45) is 5.41 Å². The van der Waals surface area contributed by atoms with Crippen LogP contribution in [0, 0.1) is 16.7 Å². The molecule has 0 saturated heterocycles. The molecular formula is C16H29N. The smallest absolute Gasteiger partial charge is 0.0689 e. The molecule has 0 aliphatic heterocycles. The van der Waals surface area contributed by atoms with Crippen LogP contribution in [0.1, 0.15) is 90.4 Å². The lowest BCUT2D eigenvalue weighted by Gasteiger charge is -2.30. The fourth-order valence-corrected chi connectivity index (χ4v) is 3.07. The lowest BCUT2D eigenvalue weighted by molar-refractivity contribution is 0.241. The fourth-order valence-electron chi connectivity index (χ4n) is 3.07. The SMILES string of the molecule is CCCCCCCCCC1(C#N)CCCCC1. The summed E-state index contributed by atoms with van der Waals surface area (Å²) in [6.07, 6.45) is 16.9. The first-order valence-corrected chi connectivity index (χ1v) is 7.74. The average molecular weight is 235 g/mol. The molecule has 0 atom stereocenters. The molecule has 0 spiro atoms. The predicted molar refractivity (Wildman–Crippen MR) is 73.7 cm³/mol. The number of hydrogen-bond donors (Lipinski definition) is 0. The summed E-state index contributed by atoms with van der Waals surface area (Å²) in [5.74, 6) is 0. The van der Waals surface area contributed by atoms with Gasteiger partial charge in [0.15, 0.2) is 0 Å². The minimum absolute atomic E-state index is 0.0711. The van der Waals surface area contributed by atoms with Crippen molar-refractivity contribution in [1.82, 2.24) is 0 Å². The first kappa shape index (κ1) is 14.6. The van der Waals surface area contributed by atoms with Crippen molar-refractivity contribution >= 4 is 0 Å². The number of unbranched alkanes of at least 4 members (excludes halogenated alkanes) is 6. The van der Waals surface area contributed by atoms with Crippen molar-refractivity contribution in [1.29, 1.82) is 5.26 Å². The first-order chi connectivity index (χ1) is 8.33. The maximum atomic E-state index is 9.36. The van der Waals surface area contributed by atoms with Gasteiger partial charge in [-0.2, -0.15) is 5.26 Å². The largest absolute Gasteiger partial charge is 0.198 e. The minimum atomic E-state index is 0.0711. The van der Waals surface area contributed by atoms with Crippen LogP contribution in [0.5, 0.6) is 0 Å². The van der Waals surface area contributed by atoms with E-state index in [0.29, 0.717) is 0 Å². The molecule has 98 valence electrons. The van der Waals surface area contributed by atoms with Gasteiger partial charge in [-0.15, -0.1) is 0 Å². The van der Waals surface area contributed by atoms with E-state index in [0.717, 1.165) is 6.42 Å². The fraction of sp³-hybridized carbons (Fsp3) is 0.938. The van der Waals surface area contributed by atoms with Gasteiger partial charge in [0.2, 0.25) is 0 Å². The number of nitriles is 1. The number of hydrogen-bond acceptors (Lipinski definition) is 1. The zero-order valence-corrected chi connectivity index (χ0v) is 11.6. The van der Waals surface area contributed by atoms with Gasteiger partial charge in [0.05, 0.1) is 11.5 Å². The van der Waals surface area contributed by atoms with E-state index in [9.17, 15) is 5.26 Å². The van der Waals surface area contributed by atoms with E-state index in [1.165, 1.54) is 77.0 Å². The van der Waals surface area contributed by atoms with Crippen LogP contribution in [0.2, 0.25) is 0 Å². The molecule has 0 N–H and O–H groups in total. The first-order valence-electron chi connectivity index (χ1n) is 7.74. The summed E-state index contributed by atoms with van der Waals surface area (Å²) in [5, 5.41) is 9.36. The van der Waals surface area contributed by atoms with Crippen LogP contribution in [0.3, 0.4) is 0 Å². The topological polar surface area (TPSA) is 23.8 Å². The van der Waals surface area contributed by atoms with Gasteiger partial charge in [-0.25, -0.2) is 0 Å². The Morgan fingerprint density at radius 2 is 1.47 bits per heavy atom. The number of rotatable bonds is 8. The quantitative estimate of drug-likeness (QED) is 0.502. The lowest BCUT2D eigenvalue weighted by atomic mass is 9.72. The Kier molecular flexibility index (Phi) is 7.33. The highest BCUT2D eigenvalue weighted by Crippen LogP contribution is 2.39. The van der Waals surface area contributed by atoms with Gasteiger partial charge in [0.25, 0.3) is 0 Å². The highest BCUT2D eigenvalue weighted by Gasteiger charge is 2.30. The van der Waals surface area contributed by atoms with Gasteiger partial charge in [-0.1, -0.05) is 71.1 Å². The van der Waals surface area contributed by atoms with Crippen LogP contribution < -0.4 is 0 Å². The molecule has 1 heteroatoms. The highest BCUT2D eigenvalue weighted by atomic mass is 14.4. The molecule has 0 heterocycles. The maximum absolute atomic E-state index is 9.36. The van der Waals surface area contributed by atoms with Crippen LogP contribution in [0.15, 0.2) is 0 Å². The summed E-state index contributed by atoms with van der Waals surface area (Å²) in [6.45, 7) is 2.26. The third-order valence-electron chi connectivity index (χ3n) is 4.31. The second-order valence-electron chi connectivity index (χ2n) is 5.82. The van der Waals surface area contributed by atoms with Crippen molar-refractivity contribution in [3.8, 4) is 6.07 Å². The minimum Gasteiger partial charge on any atom is -0.198 e. The molecule has 0 aromatic carbocycles. The Morgan fingerprint density at radius 3 is 2.06 bits per heavy atom. The van der Waals surface area contributed by atoms with Crippen molar-refractivity contribution in [3.63, 3.8) is 0 Å². The Balaban J connectivity index is 2.06. The van der Waals surface area contributed by atoms with Gasteiger partial charge < -0.3 is 0 Å². The highest BCUT2D eigenvalue weighted by molar-refractivity contribution is 5.00. The summed E-state index contributed by atoms with van der Waals surface area (Å²) in [6, 6.07) is 2.63. The van der Waals surface area contributed by atoms with E-state index in [-0.39, 0.29) is 5.41 Å². The molecular weight excluding hydrogens is 206 g/mol. The zero-order chi connectivity index (χ0) is 12.4. The predicted octanol–water partition coefficient (Wildman–Crippen LogP) is 5.60. The molecule has 0 aromatic heterocycles. The summed E-state index contributed by atoms with van der Waals surface area (Å²) in [4.78, 5) is 0. The van der Waals surface area contributed by atoms with Gasteiger partial charge >= 0.3 is 0 Å². The molecule has 0 unspecified atom stereocenters. The Morgan fingerprint density at radius 1 is 0.882 bits per heavy atom. The van der Waals surface area contributed by atoms with Crippen LogP contribution in [0.25, 0.3) is 0 Å². The molecule has 17 heavy (non-hydrogen) atoms. The second kappa shape index (κ2) is 8.56. The van der Waals surface area contributed by atoms with E-state index in [2.05, 4.69) is 13.0 Å². The van der Waals surface area contributed by atoms with Crippen LogP contribution in [-0.2, 0) is 0 Å². The lowest BCUT2D eigenvalue weighted by Crippen LogP contribution is -2.21. The van der Waals surface area contributed by atoms with Crippen LogP contribution in [0.4, 0.5) is 0 Å². The van der Waals surface area contributed by atoms with Gasteiger partial charge in [0.1, 0.15) is 0 Å². The molecule has 0 bridgehead atoms. The maximum Gasteiger partial charge on any atom is 0.0689 e. The van der Waals surface area contributed by atoms with E-state index in [4.69, 9.17) is 0 Å². The third-order valence-corrected chi connectivity index (χ3v) is 4.31. The molecule has 0 radical (unpaired) electrons. The standard InChI is InChI=1S/C16H29N/c1-2-3-4-5-6-7-9-12-16(15-17)13-10-8-11-14-16/h2-14H2,1H3. The molecule has 0 amide bonds. The third kappa shape index (κ3) is 5.57. The monoisotopic (exact) mass is 235 g/mol. The Labute approximate surface area is 108 Å². The van der Waals surface area contributed by atoms with Crippen LogP contribution in [-0.4, -0.2) is 0 Å². The van der Waals surface area contributed by atoms with Crippen LogP contribution >= 0.6 is 0 Å². The van der Waals surface area contributed by atoms with E-state index >= 15 is 0 Å². The normalized spacial score (nSPS) is 18.8. The van der Waals surface area contributed by atoms with Gasteiger partial charge in [-0.05, 0) is 19.3 Å². The molecule has 1 nitrogen and oxygen atoms in total. The van der Waals surface area contributed by atoms with E-state index < -0.39 is 0 Å². The molecule has 1 saturated carbocycles. The molecule has 1 aliphatic carbocycles. The van der Waals surface area contributed by atoms with Gasteiger partial charge in [-0.3, -0.25) is 0 Å². The number of nitrogens with zero attached hydrogens (tertiary/aromatic N) is 1.